The summed E-state index contributed by atoms with van der Waals surface area (Å²) in [5, 5.41) is 11.5. The highest BCUT2D eigenvalue weighted by Crippen LogP contribution is 2.35. The molecule has 5 rings (SSSR count). The molecule has 8 heteroatoms. The van der Waals surface area contributed by atoms with Gasteiger partial charge in [0.1, 0.15) is 11.9 Å². The molecule has 158 valence electrons. The predicted molar refractivity (Wildman–Crippen MR) is 125 cm³/mol. The van der Waals surface area contributed by atoms with Crippen LogP contribution in [0, 0.1) is 10.1 Å². The van der Waals surface area contributed by atoms with Crippen LogP contribution in [0.3, 0.4) is 0 Å². The van der Waals surface area contributed by atoms with Crippen molar-refractivity contribution in [3.05, 3.63) is 106 Å². The SMILES string of the molecule is O=C1[C@@H](Cc2ccccc2)N=C2c3ccccc3N=C(SCc3ccc([N+](=O)[O-])cc3)N12. The molecule has 0 radical (unpaired) electrons. The predicted octanol–water partition coefficient (Wildman–Crippen LogP) is 4.73. The molecule has 0 aliphatic carbocycles. The second-order valence-electron chi connectivity index (χ2n) is 7.46. The van der Waals surface area contributed by atoms with Crippen molar-refractivity contribution in [2.24, 2.45) is 9.98 Å². The van der Waals surface area contributed by atoms with Gasteiger partial charge in [0.15, 0.2) is 5.17 Å². The highest BCUT2D eigenvalue weighted by Gasteiger charge is 2.41. The molecule has 0 aromatic heterocycles. The van der Waals surface area contributed by atoms with E-state index in [0.717, 1.165) is 22.4 Å². The van der Waals surface area contributed by atoms with Crippen LogP contribution in [0.2, 0.25) is 0 Å². The first kappa shape index (κ1) is 20.1. The zero-order valence-corrected chi connectivity index (χ0v) is 17.7. The quantitative estimate of drug-likeness (QED) is 0.422. The number of non-ortho nitro benzene ring substituents is 1. The minimum absolute atomic E-state index is 0.0515. The minimum Gasteiger partial charge on any atom is -0.271 e. The van der Waals surface area contributed by atoms with E-state index >= 15 is 0 Å². The topological polar surface area (TPSA) is 88.2 Å². The molecule has 2 heterocycles. The molecule has 1 atom stereocenters. The standard InChI is InChI=1S/C24H18N4O3S/c29-23-21(14-16-6-2-1-3-7-16)25-22-19-8-4-5-9-20(19)26-24(27(22)23)32-15-17-10-12-18(13-11-17)28(30)31/h1-13,21H,14-15H2/t21-/m1/s1. The van der Waals surface area contributed by atoms with Gasteiger partial charge in [-0.05, 0) is 23.3 Å². The van der Waals surface area contributed by atoms with Crippen LogP contribution >= 0.6 is 11.8 Å². The molecule has 0 unspecified atom stereocenters. The molecular formula is C24H18N4O3S. The van der Waals surface area contributed by atoms with Crippen LogP contribution in [0.25, 0.3) is 0 Å². The van der Waals surface area contributed by atoms with Crippen molar-refractivity contribution in [2.75, 3.05) is 0 Å². The van der Waals surface area contributed by atoms with Gasteiger partial charge in [-0.3, -0.25) is 19.9 Å². The lowest BCUT2D eigenvalue weighted by molar-refractivity contribution is -0.384. The number of amides is 1. The summed E-state index contributed by atoms with van der Waals surface area (Å²) in [6, 6.07) is 23.4. The number of benzene rings is 3. The summed E-state index contributed by atoms with van der Waals surface area (Å²) < 4.78 is 0. The van der Waals surface area contributed by atoms with Crippen molar-refractivity contribution in [1.29, 1.82) is 0 Å². The average molecular weight is 443 g/mol. The van der Waals surface area contributed by atoms with Crippen molar-refractivity contribution >= 4 is 40.0 Å². The van der Waals surface area contributed by atoms with E-state index in [1.807, 2.05) is 54.6 Å². The molecule has 3 aromatic carbocycles. The number of rotatable bonds is 5. The van der Waals surface area contributed by atoms with Crippen LogP contribution in [0.15, 0.2) is 88.8 Å². The summed E-state index contributed by atoms with van der Waals surface area (Å²) in [5.74, 6) is 1.07. The van der Waals surface area contributed by atoms with Crippen LogP contribution in [-0.2, 0) is 17.0 Å². The van der Waals surface area contributed by atoms with E-state index in [-0.39, 0.29) is 11.6 Å². The molecule has 2 aliphatic heterocycles. The van der Waals surface area contributed by atoms with Crippen molar-refractivity contribution < 1.29 is 9.72 Å². The maximum Gasteiger partial charge on any atom is 0.269 e. The molecule has 0 saturated heterocycles. The van der Waals surface area contributed by atoms with E-state index in [4.69, 9.17) is 9.98 Å². The summed E-state index contributed by atoms with van der Waals surface area (Å²) in [6.45, 7) is 0. The molecule has 7 nitrogen and oxygen atoms in total. The third-order valence-corrected chi connectivity index (χ3v) is 6.34. The second kappa shape index (κ2) is 8.39. The highest BCUT2D eigenvalue weighted by molar-refractivity contribution is 8.13. The van der Waals surface area contributed by atoms with Gasteiger partial charge < -0.3 is 0 Å². The zero-order chi connectivity index (χ0) is 22.1. The van der Waals surface area contributed by atoms with Gasteiger partial charge in [0.25, 0.3) is 11.6 Å². The number of fused-ring (bicyclic) bond motifs is 3. The summed E-state index contributed by atoms with van der Waals surface area (Å²) >= 11 is 1.42. The first-order valence-corrected chi connectivity index (χ1v) is 11.1. The van der Waals surface area contributed by atoms with E-state index in [1.165, 1.54) is 23.9 Å². The molecule has 0 bridgehead atoms. The Morgan fingerprint density at radius 1 is 0.938 bits per heavy atom. The number of carbonyl (C=O) groups is 1. The first-order valence-electron chi connectivity index (χ1n) is 10.1. The number of thioether (sulfide) groups is 1. The summed E-state index contributed by atoms with van der Waals surface area (Å²) in [5.41, 5.74) is 3.64. The lowest BCUT2D eigenvalue weighted by Crippen LogP contribution is -2.41. The molecule has 0 spiro atoms. The van der Waals surface area contributed by atoms with Gasteiger partial charge in [0.2, 0.25) is 0 Å². The Morgan fingerprint density at radius 2 is 1.66 bits per heavy atom. The van der Waals surface area contributed by atoms with Gasteiger partial charge in [-0.2, -0.15) is 0 Å². The number of carbonyl (C=O) groups excluding carboxylic acids is 1. The molecule has 3 aromatic rings. The Bertz CT molecular complexity index is 1260. The normalized spacial score (nSPS) is 16.8. The zero-order valence-electron chi connectivity index (χ0n) is 16.9. The maximum absolute atomic E-state index is 13.3. The Balaban J connectivity index is 1.42. The Kier molecular flexibility index (Phi) is 5.28. The van der Waals surface area contributed by atoms with E-state index in [2.05, 4.69) is 0 Å². The van der Waals surface area contributed by atoms with E-state index in [0.29, 0.717) is 23.2 Å². The lowest BCUT2D eigenvalue weighted by atomic mass is 10.1. The van der Waals surface area contributed by atoms with Gasteiger partial charge in [-0.1, -0.05) is 66.4 Å². The fourth-order valence-corrected chi connectivity index (χ4v) is 4.69. The number of nitro benzene ring substituents is 1. The highest BCUT2D eigenvalue weighted by atomic mass is 32.2. The third-order valence-electron chi connectivity index (χ3n) is 5.33. The third kappa shape index (κ3) is 3.80. The Morgan fingerprint density at radius 3 is 2.41 bits per heavy atom. The number of hydrogen-bond acceptors (Lipinski definition) is 6. The number of amidine groups is 2. The molecule has 0 saturated carbocycles. The minimum atomic E-state index is -0.497. The van der Waals surface area contributed by atoms with Gasteiger partial charge in [-0.15, -0.1) is 0 Å². The van der Waals surface area contributed by atoms with Crippen LogP contribution in [0.1, 0.15) is 16.7 Å². The number of para-hydroxylation sites is 1. The van der Waals surface area contributed by atoms with Crippen molar-refractivity contribution in [3.8, 4) is 0 Å². The summed E-state index contributed by atoms with van der Waals surface area (Å²) in [6.07, 6.45) is 0.530. The van der Waals surface area contributed by atoms with E-state index in [9.17, 15) is 14.9 Å². The largest absolute Gasteiger partial charge is 0.271 e. The second-order valence-corrected chi connectivity index (χ2v) is 8.40. The van der Waals surface area contributed by atoms with Gasteiger partial charge in [0, 0.05) is 29.9 Å². The van der Waals surface area contributed by atoms with Crippen molar-refractivity contribution in [3.63, 3.8) is 0 Å². The molecule has 1 amide bonds. The Hall–Kier alpha value is -3.78. The Labute approximate surface area is 188 Å². The van der Waals surface area contributed by atoms with Gasteiger partial charge >= 0.3 is 0 Å². The first-order chi connectivity index (χ1) is 15.6. The molecule has 2 aliphatic rings. The summed E-state index contributed by atoms with van der Waals surface area (Å²) in [4.78, 5) is 34.9. The van der Waals surface area contributed by atoms with Crippen LogP contribution < -0.4 is 0 Å². The van der Waals surface area contributed by atoms with E-state index in [1.54, 1.807) is 17.0 Å². The van der Waals surface area contributed by atoms with Crippen LogP contribution in [0.4, 0.5) is 11.4 Å². The lowest BCUT2D eigenvalue weighted by Gasteiger charge is -2.25. The summed E-state index contributed by atoms with van der Waals surface area (Å²) in [7, 11) is 0. The molecular weight excluding hydrogens is 424 g/mol. The molecule has 32 heavy (non-hydrogen) atoms. The van der Waals surface area contributed by atoms with Crippen LogP contribution in [-0.4, -0.2) is 32.8 Å². The van der Waals surface area contributed by atoms with Crippen molar-refractivity contribution in [2.45, 2.75) is 18.2 Å². The number of nitro groups is 1. The van der Waals surface area contributed by atoms with Gasteiger partial charge in [-0.25, -0.2) is 9.89 Å². The smallest absolute Gasteiger partial charge is 0.269 e. The molecule has 0 N–H and O–H groups in total. The fourth-order valence-electron chi connectivity index (χ4n) is 3.73. The van der Waals surface area contributed by atoms with Gasteiger partial charge in [0.05, 0.1) is 10.6 Å². The number of aliphatic imine (C=N–C) groups is 2. The van der Waals surface area contributed by atoms with Crippen molar-refractivity contribution in [1.82, 2.24) is 4.90 Å². The van der Waals surface area contributed by atoms with E-state index < -0.39 is 11.0 Å². The molecule has 0 fully saturated rings. The van der Waals surface area contributed by atoms with Crippen LogP contribution in [0.5, 0.6) is 0 Å². The average Bonchev–Trinajstić information content (AvgIpc) is 3.15. The monoisotopic (exact) mass is 442 g/mol. The maximum atomic E-state index is 13.3. The number of hydrogen-bond donors (Lipinski definition) is 0. The number of nitrogens with zero attached hydrogens (tertiary/aromatic N) is 4. The fraction of sp³-hybridized carbons (Fsp3) is 0.125.